The van der Waals surface area contributed by atoms with Gasteiger partial charge in [-0.3, -0.25) is 4.79 Å². The van der Waals surface area contributed by atoms with Gasteiger partial charge in [-0.2, -0.15) is 0 Å². The average Bonchev–Trinajstić information content (AvgIpc) is 3.07. The predicted octanol–water partition coefficient (Wildman–Crippen LogP) is 10.6. The highest BCUT2D eigenvalue weighted by atomic mass is 16.5. The van der Waals surface area contributed by atoms with Crippen LogP contribution in [0, 0.1) is 13.8 Å². The number of anilines is 6. The van der Waals surface area contributed by atoms with Crippen LogP contribution in [0.4, 0.5) is 34.1 Å². The van der Waals surface area contributed by atoms with Crippen molar-refractivity contribution in [1.29, 1.82) is 0 Å². The minimum Gasteiger partial charge on any atom is -0.463 e. The van der Waals surface area contributed by atoms with Gasteiger partial charge in [0.05, 0.1) is 0 Å². The van der Waals surface area contributed by atoms with Crippen LogP contribution in [0.1, 0.15) is 16.7 Å². The van der Waals surface area contributed by atoms with Crippen LogP contribution in [-0.2, 0) is 16.1 Å². The van der Waals surface area contributed by atoms with Gasteiger partial charge in [-0.25, -0.2) is 0 Å². The summed E-state index contributed by atoms with van der Waals surface area (Å²) in [6, 6.07) is 53.1. The van der Waals surface area contributed by atoms with Crippen molar-refractivity contribution in [3.63, 3.8) is 0 Å². The molecule has 0 aliphatic rings. The highest BCUT2D eigenvalue weighted by Crippen LogP contribution is 2.38. The molecule has 0 heterocycles. The van der Waals surface area contributed by atoms with Crippen LogP contribution in [-0.4, -0.2) is 6.47 Å². The lowest BCUT2D eigenvalue weighted by atomic mass is 10.0. The van der Waals surface area contributed by atoms with E-state index in [9.17, 15) is 4.79 Å². The molecule has 0 saturated carbocycles. The molecule has 0 saturated heterocycles. The fourth-order valence-electron chi connectivity index (χ4n) is 5.34. The number of rotatable bonds is 10. The summed E-state index contributed by atoms with van der Waals surface area (Å²) in [5.74, 6) is 0. The van der Waals surface area contributed by atoms with Crippen molar-refractivity contribution in [1.82, 2.24) is 0 Å². The quantitative estimate of drug-likeness (QED) is 0.152. The first-order valence-electron chi connectivity index (χ1n) is 14.7. The molecule has 44 heavy (non-hydrogen) atoms. The molecule has 216 valence electrons. The zero-order valence-electron chi connectivity index (χ0n) is 24.9. The Morgan fingerprint density at radius 1 is 0.455 bits per heavy atom. The minimum absolute atomic E-state index is 0.260. The lowest BCUT2D eigenvalue weighted by Crippen LogP contribution is -2.10. The molecule has 0 radical (unpaired) electrons. The molecule has 0 aliphatic heterocycles. The fraction of sp³-hybridized carbons (Fsp3) is 0.0750. The summed E-state index contributed by atoms with van der Waals surface area (Å²) >= 11 is 0. The van der Waals surface area contributed by atoms with E-state index in [1.54, 1.807) is 0 Å². The Morgan fingerprint density at radius 2 is 0.795 bits per heavy atom. The SMILES string of the molecule is Cc1ccc(N(c2ccccc2)c2ccc(-c3ccc(N(c4ccc(C)cc4)c4ccc(COC=O)cc4)cc3)cc2)cc1. The molecule has 4 nitrogen and oxygen atoms in total. The number of para-hydroxylation sites is 1. The van der Waals surface area contributed by atoms with Gasteiger partial charge >= 0.3 is 0 Å². The van der Waals surface area contributed by atoms with Crippen LogP contribution < -0.4 is 9.80 Å². The second-order valence-electron chi connectivity index (χ2n) is 10.8. The molecular formula is C40H34N2O2. The topological polar surface area (TPSA) is 32.8 Å². The summed E-state index contributed by atoms with van der Waals surface area (Å²) < 4.78 is 4.93. The van der Waals surface area contributed by atoms with Crippen molar-refractivity contribution >= 4 is 40.6 Å². The van der Waals surface area contributed by atoms with E-state index in [0.717, 1.165) is 50.8 Å². The van der Waals surface area contributed by atoms with Gasteiger partial charge in [0.15, 0.2) is 0 Å². The number of benzene rings is 6. The molecule has 6 aromatic carbocycles. The largest absolute Gasteiger partial charge is 0.463 e. The second-order valence-corrected chi connectivity index (χ2v) is 10.8. The molecule has 0 amide bonds. The molecule has 0 spiro atoms. The third-order valence-corrected chi connectivity index (χ3v) is 7.70. The van der Waals surface area contributed by atoms with Crippen molar-refractivity contribution in [3.05, 3.63) is 168 Å². The van der Waals surface area contributed by atoms with E-state index in [4.69, 9.17) is 4.74 Å². The Bertz CT molecular complexity index is 1800. The maximum Gasteiger partial charge on any atom is 0.293 e. The van der Waals surface area contributed by atoms with Crippen LogP contribution in [0.25, 0.3) is 11.1 Å². The third-order valence-electron chi connectivity index (χ3n) is 7.70. The van der Waals surface area contributed by atoms with Crippen LogP contribution >= 0.6 is 0 Å². The maximum absolute atomic E-state index is 10.6. The Hall–Kier alpha value is -5.61. The number of carbonyl (C=O) groups excluding carboxylic acids is 1. The Kier molecular flexibility index (Phi) is 8.51. The van der Waals surface area contributed by atoms with Gasteiger partial charge in [0.25, 0.3) is 6.47 Å². The van der Waals surface area contributed by atoms with E-state index >= 15 is 0 Å². The van der Waals surface area contributed by atoms with Crippen molar-refractivity contribution in [2.24, 2.45) is 0 Å². The Labute approximate surface area is 259 Å². The maximum atomic E-state index is 10.6. The van der Waals surface area contributed by atoms with Crippen LogP contribution in [0.15, 0.2) is 152 Å². The fourth-order valence-corrected chi connectivity index (χ4v) is 5.34. The normalized spacial score (nSPS) is 10.7. The summed E-state index contributed by atoms with van der Waals surface area (Å²) in [6.07, 6.45) is 0. The van der Waals surface area contributed by atoms with Gasteiger partial charge in [-0.1, -0.05) is 90.0 Å². The number of hydrogen-bond donors (Lipinski definition) is 0. The summed E-state index contributed by atoms with van der Waals surface area (Å²) in [5.41, 5.74) is 12.2. The lowest BCUT2D eigenvalue weighted by molar-refractivity contribution is -0.129. The number of ether oxygens (including phenoxy) is 1. The van der Waals surface area contributed by atoms with Crippen molar-refractivity contribution in [2.75, 3.05) is 9.80 Å². The molecule has 0 N–H and O–H groups in total. The van der Waals surface area contributed by atoms with Gasteiger partial charge in [0, 0.05) is 34.1 Å². The summed E-state index contributed by atoms with van der Waals surface area (Å²) in [7, 11) is 0. The predicted molar refractivity (Wildman–Crippen MR) is 182 cm³/mol. The standard InChI is InChI=1S/C40H34N2O2/c1-30-8-18-36(19-9-30)41(35-6-4-3-5-7-35)39-24-14-33(15-25-39)34-16-26-40(27-17-34)42(37-20-10-31(2)11-21-37)38-22-12-32(13-23-38)28-44-29-43/h3-27,29H,28H2,1-2H3. The zero-order valence-corrected chi connectivity index (χ0v) is 24.9. The molecule has 0 fully saturated rings. The Morgan fingerprint density at radius 3 is 1.18 bits per heavy atom. The molecule has 0 aromatic heterocycles. The van der Waals surface area contributed by atoms with Crippen LogP contribution in [0.3, 0.4) is 0 Å². The Balaban J connectivity index is 1.29. The highest BCUT2D eigenvalue weighted by molar-refractivity contribution is 5.80. The van der Waals surface area contributed by atoms with Gasteiger partial charge < -0.3 is 14.5 Å². The third kappa shape index (κ3) is 6.40. The molecule has 6 aromatic rings. The van der Waals surface area contributed by atoms with E-state index < -0.39 is 0 Å². The van der Waals surface area contributed by atoms with Gasteiger partial charge in [0.2, 0.25) is 0 Å². The van der Waals surface area contributed by atoms with E-state index in [2.05, 4.69) is 157 Å². The van der Waals surface area contributed by atoms with E-state index in [1.165, 1.54) is 11.1 Å². The summed E-state index contributed by atoms with van der Waals surface area (Å²) in [5, 5.41) is 0. The first-order valence-corrected chi connectivity index (χ1v) is 14.7. The minimum atomic E-state index is 0.260. The van der Waals surface area contributed by atoms with Crippen LogP contribution in [0.2, 0.25) is 0 Å². The molecular weight excluding hydrogens is 540 g/mol. The van der Waals surface area contributed by atoms with Crippen LogP contribution in [0.5, 0.6) is 0 Å². The van der Waals surface area contributed by atoms with Gasteiger partial charge in [0.1, 0.15) is 6.61 Å². The number of hydrogen-bond acceptors (Lipinski definition) is 4. The van der Waals surface area contributed by atoms with Gasteiger partial charge in [-0.05, 0) is 103 Å². The first kappa shape index (κ1) is 28.5. The van der Waals surface area contributed by atoms with E-state index in [-0.39, 0.29) is 6.61 Å². The van der Waals surface area contributed by atoms with Crippen molar-refractivity contribution in [2.45, 2.75) is 20.5 Å². The molecule has 4 heteroatoms. The monoisotopic (exact) mass is 574 g/mol. The zero-order chi connectivity index (χ0) is 30.3. The summed E-state index contributed by atoms with van der Waals surface area (Å²) in [4.78, 5) is 15.1. The second kappa shape index (κ2) is 13.1. The van der Waals surface area contributed by atoms with Gasteiger partial charge in [-0.15, -0.1) is 0 Å². The first-order chi connectivity index (χ1) is 21.6. The smallest absolute Gasteiger partial charge is 0.293 e. The van der Waals surface area contributed by atoms with E-state index in [1.807, 2.05) is 18.2 Å². The van der Waals surface area contributed by atoms with Crippen molar-refractivity contribution < 1.29 is 9.53 Å². The van der Waals surface area contributed by atoms with E-state index in [0.29, 0.717) is 6.47 Å². The number of carbonyl (C=O) groups is 1. The van der Waals surface area contributed by atoms with Crippen molar-refractivity contribution in [3.8, 4) is 11.1 Å². The molecule has 6 rings (SSSR count). The molecule has 0 unspecified atom stereocenters. The molecule has 0 bridgehead atoms. The highest BCUT2D eigenvalue weighted by Gasteiger charge is 2.15. The lowest BCUT2D eigenvalue weighted by Gasteiger charge is -2.26. The number of aryl methyl sites for hydroxylation is 2. The number of nitrogens with zero attached hydrogens (tertiary/aromatic N) is 2. The molecule has 0 atom stereocenters. The molecule has 0 aliphatic carbocycles. The summed E-state index contributed by atoms with van der Waals surface area (Å²) in [6.45, 7) is 4.94. The average molecular weight is 575 g/mol.